The molecular weight excluding hydrogens is 482 g/mol. The van der Waals surface area contributed by atoms with Gasteiger partial charge in [-0.3, -0.25) is 4.57 Å². The SMILES string of the molecule is C1=Cc2c(n(-c3nc(-c4ccccc4)cc(-c4ccccc4)n3)c3ccc4c5ccccc5sc4c23)CC1. The Kier molecular flexibility index (Phi) is 4.82. The van der Waals surface area contributed by atoms with Crippen molar-refractivity contribution in [2.75, 3.05) is 0 Å². The summed E-state index contributed by atoms with van der Waals surface area (Å²) in [4.78, 5) is 10.4. The van der Waals surface area contributed by atoms with Crippen LogP contribution in [0.3, 0.4) is 0 Å². The van der Waals surface area contributed by atoms with Gasteiger partial charge in [-0.15, -0.1) is 11.3 Å². The molecule has 0 amide bonds. The normalized spacial score (nSPS) is 12.9. The predicted octanol–water partition coefficient (Wildman–Crippen LogP) is 9.08. The third-order valence-electron chi connectivity index (χ3n) is 7.50. The highest BCUT2D eigenvalue weighted by Crippen LogP contribution is 2.43. The standard InChI is InChI=1S/C34H23N3S/c1-3-11-22(12-4-1)27-21-28(23-13-5-2-6-14-23)36-34(35-27)37-29-17-9-7-16-26(29)32-30(37)20-19-25-24-15-8-10-18-31(24)38-33(25)32/h1-8,10-16,18-21H,9,17H2. The van der Waals surface area contributed by atoms with Gasteiger partial charge in [0.15, 0.2) is 0 Å². The lowest BCUT2D eigenvalue weighted by Gasteiger charge is -2.14. The van der Waals surface area contributed by atoms with Gasteiger partial charge in [-0.2, -0.15) is 0 Å². The Labute approximate surface area is 224 Å². The monoisotopic (exact) mass is 505 g/mol. The van der Waals surface area contributed by atoms with E-state index in [2.05, 4.69) is 108 Å². The van der Waals surface area contributed by atoms with E-state index in [-0.39, 0.29) is 0 Å². The van der Waals surface area contributed by atoms with Crippen LogP contribution in [-0.4, -0.2) is 14.5 Å². The van der Waals surface area contributed by atoms with Crippen LogP contribution < -0.4 is 0 Å². The number of benzene rings is 4. The molecule has 0 saturated heterocycles. The zero-order valence-electron chi connectivity index (χ0n) is 20.6. The number of thiophene rings is 1. The van der Waals surface area contributed by atoms with Crippen molar-refractivity contribution < 1.29 is 0 Å². The van der Waals surface area contributed by atoms with Crippen molar-refractivity contribution >= 4 is 48.5 Å². The van der Waals surface area contributed by atoms with Crippen molar-refractivity contribution in [1.29, 1.82) is 0 Å². The molecule has 7 aromatic rings. The minimum absolute atomic E-state index is 0.729. The average Bonchev–Trinajstić information content (AvgIpc) is 3.53. The van der Waals surface area contributed by atoms with E-state index >= 15 is 0 Å². The maximum Gasteiger partial charge on any atom is 0.235 e. The van der Waals surface area contributed by atoms with Gasteiger partial charge >= 0.3 is 0 Å². The van der Waals surface area contributed by atoms with E-state index in [4.69, 9.17) is 9.97 Å². The molecule has 38 heavy (non-hydrogen) atoms. The smallest absolute Gasteiger partial charge is 0.235 e. The second kappa shape index (κ2) is 8.51. The van der Waals surface area contributed by atoms with E-state index in [0.717, 1.165) is 41.3 Å². The van der Waals surface area contributed by atoms with Crippen LogP contribution >= 0.6 is 11.3 Å². The summed E-state index contributed by atoms with van der Waals surface area (Å²) in [5.74, 6) is 0.729. The number of fused-ring (bicyclic) bond motifs is 7. The lowest BCUT2D eigenvalue weighted by atomic mass is 10.0. The molecule has 0 bridgehead atoms. The minimum atomic E-state index is 0.729. The van der Waals surface area contributed by atoms with E-state index in [1.165, 1.54) is 42.3 Å². The summed E-state index contributed by atoms with van der Waals surface area (Å²) in [6.45, 7) is 0. The highest BCUT2D eigenvalue weighted by atomic mass is 32.1. The first-order valence-electron chi connectivity index (χ1n) is 13.0. The fraction of sp³-hybridized carbons (Fsp3) is 0.0588. The Bertz CT molecular complexity index is 1960. The van der Waals surface area contributed by atoms with Gasteiger partial charge in [-0.25, -0.2) is 9.97 Å². The molecule has 0 spiro atoms. The molecule has 0 fully saturated rings. The molecule has 1 aliphatic carbocycles. The predicted molar refractivity (Wildman–Crippen MR) is 160 cm³/mol. The van der Waals surface area contributed by atoms with Crippen molar-refractivity contribution in [1.82, 2.24) is 14.5 Å². The molecule has 0 unspecified atom stereocenters. The van der Waals surface area contributed by atoms with Gasteiger partial charge in [-0.1, -0.05) is 97.1 Å². The van der Waals surface area contributed by atoms with Gasteiger partial charge in [0.25, 0.3) is 0 Å². The molecule has 3 nitrogen and oxygen atoms in total. The van der Waals surface area contributed by atoms with Gasteiger partial charge in [0.1, 0.15) is 0 Å². The molecule has 4 heteroatoms. The Hall–Kier alpha value is -4.54. The van der Waals surface area contributed by atoms with Crippen LogP contribution in [0, 0.1) is 0 Å². The summed E-state index contributed by atoms with van der Waals surface area (Å²) < 4.78 is 4.98. The Morgan fingerprint density at radius 2 is 1.37 bits per heavy atom. The summed E-state index contributed by atoms with van der Waals surface area (Å²) in [5.41, 5.74) is 7.80. The number of rotatable bonds is 3. The molecule has 0 N–H and O–H groups in total. The topological polar surface area (TPSA) is 30.7 Å². The third kappa shape index (κ3) is 3.27. The fourth-order valence-corrected chi connectivity index (χ4v) is 7.02. The summed E-state index contributed by atoms with van der Waals surface area (Å²) in [6.07, 6.45) is 6.59. The Morgan fingerprint density at radius 1 is 0.684 bits per heavy atom. The molecular formula is C34H23N3S. The Balaban J connectivity index is 1.47. The van der Waals surface area contributed by atoms with E-state index in [1.54, 1.807) is 0 Å². The van der Waals surface area contributed by atoms with Crippen molar-refractivity contribution in [3.63, 3.8) is 0 Å². The largest absolute Gasteiger partial charge is 0.282 e. The zero-order valence-corrected chi connectivity index (χ0v) is 21.5. The van der Waals surface area contributed by atoms with Crippen LogP contribution in [0.15, 0.2) is 109 Å². The number of nitrogens with zero attached hydrogens (tertiary/aromatic N) is 3. The molecule has 180 valence electrons. The van der Waals surface area contributed by atoms with Gasteiger partial charge < -0.3 is 0 Å². The van der Waals surface area contributed by atoms with E-state index in [0.29, 0.717) is 0 Å². The number of allylic oxidation sites excluding steroid dienone is 1. The zero-order chi connectivity index (χ0) is 25.1. The number of aromatic nitrogens is 3. The van der Waals surface area contributed by atoms with Gasteiger partial charge in [0.2, 0.25) is 5.95 Å². The number of hydrogen-bond acceptors (Lipinski definition) is 3. The Morgan fingerprint density at radius 3 is 2.11 bits per heavy atom. The fourth-order valence-electron chi connectivity index (χ4n) is 5.76. The first-order valence-corrected chi connectivity index (χ1v) is 13.8. The van der Waals surface area contributed by atoms with E-state index in [9.17, 15) is 0 Å². The highest BCUT2D eigenvalue weighted by molar-refractivity contribution is 7.26. The number of hydrogen-bond donors (Lipinski definition) is 0. The summed E-state index contributed by atoms with van der Waals surface area (Å²) >= 11 is 1.88. The van der Waals surface area contributed by atoms with Gasteiger partial charge in [-0.05, 0) is 31.0 Å². The molecule has 4 aromatic carbocycles. The lowest BCUT2D eigenvalue weighted by molar-refractivity contribution is 0.848. The molecule has 3 heterocycles. The summed E-state index contributed by atoms with van der Waals surface area (Å²) in [7, 11) is 0. The van der Waals surface area contributed by atoms with Crippen LogP contribution in [0.2, 0.25) is 0 Å². The first-order chi connectivity index (χ1) is 18.8. The molecule has 0 radical (unpaired) electrons. The van der Waals surface area contributed by atoms with Crippen LogP contribution in [0.4, 0.5) is 0 Å². The third-order valence-corrected chi connectivity index (χ3v) is 8.71. The maximum absolute atomic E-state index is 5.18. The van der Waals surface area contributed by atoms with Gasteiger partial charge in [0, 0.05) is 47.9 Å². The van der Waals surface area contributed by atoms with Crippen molar-refractivity contribution in [3.05, 3.63) is 120 Å². The van der Waals surface area contributed by atoms with Crippen LogP contribution in [0.5, 0.6) is 0 Å². The van der Waals surface area contributed by atoms with E-state index < -0.39 is 0 Å². The van der Waals surface area contributed by atoms with Gasteiger partial charge in [0.05, 0.1) is 16.9 Å². The molecule has 0 aliphatic heterocycles. The first kappa shape index (κ1) is 21.5. The highest BCUT2D eigenvalue weighted by Gasteiger charge is 2.24. The van der Waals surface area contributed by atoms with Crippen molar-refractivity contribution in [3.8, 4) is 28.5 Å². The summed E-state index contributed by atoms with van der Waals surface area (Å²) in [5, 5.41) is 3.95. The summed E-state index contributed by atoms with van der Waals surface area (Å²) in [6, 6.07) is 36.2. The molecule has 0 saturated carbocycles. The van der Waals surface area contributed by atoms with E-state index in [1.807, 2.05) is 23.5 Å². The molecule has 3 aromatic heterocycles. The van der Waals surface area contributed by atoms with Crippen molar-refractivity contribution in [2.24, 2.45) is 0 Å². The molecule has 1 aliphatic rings. The second-order valence-electron chi connectivity index (χ2n) is 9.74. The quantitative estimate of drug-likeness (QED) is 0.240. The second-order valence-corrected chi connectivity index (χ2v) is 10.8. The van der Waals surface area contributed by atoms with Crippen LogP contribution in [0.25, 0.3) is 65.6 Å². The maximum atomic E-state index is 5.18. The minimum Gasteiger partial charge on any atom is -0.282 e. The molecule has 0 atom stereocenters. The van der Waals surface area contributed by atoms with Crippen LogP contribution in [-0.2, 0) is 6.42 Å². The average molecular weight is 506 g/mol. The van der Waals surface area contributed by atoms with Crippen molar-refractivity contribution in [2.45, 2.75) is 12.8 Å². The lowest BCUT2D eigenvalue weighted by Crippen LogP contribution is -2.08. The molecule has 8 rings (SSSR count). The van der Waals surface area contributed by atoms with Crippen LogP contribution in [0.1, 0.15) is 17.7 Å².